The summed E-state index contributed by atoms with van der Waals surface area (Å²) in [4.78, 5) is 9.14. The van der Waals surface area contributed by atoms with Crippen LogP contribution in [0.2, 0.25) is 0 Å². The van der Waals surface area contributed by atoms with Crippen LogP contribution in [-0.2, 0) is 0 Å². The molecule has 32 heavy (non-hydrogen) atoms. The Kier molecular flexibility index (Phi) is 6.36. The van der Waals surface area contributed by atoms with E-state index in [2.05, 4.69) is 20.5 Å². The summed E-state index contributed by atoms with van der Waals surface area (Å²) in [6.45, 7) is 0. The minimum Gasteiger partial charge on any atom is -0.497 e. The predicted molar refractivity (Wildman–Crippen MR) is 124 cm³/mol. The molecule has 0 aliphatic heterocycles. The maximum atomic E-state index is 13.4. The molecule has 0 amide bonds. The van der Waals surface area contributed by atoms with E-state index >= 15 is 0 Å². The van der Waals surface area contributed by atoms with Crippen molar-refractivity contribution in [2.45, 2.75) is 0 Å². The number of halogens is 1. The zero-order valence-corrected chi connectivity index (χ0v) is 17.6. The van der Waals surface area contributed by atoms with Gasteiger partial charge in [0, 0.05) is 22.8 Å². The number of rotatable bonds is 7. The average Bonchev–Trinajstić information content (AvgIpc) is 2.85. The SMILES string of the molecule is COc1ccc(/C=N\Nc2nc(-c3ccccc3)cc(-c3ccc(F)cc3)n2)c(OC)c1. The Labute approximate surface area is 185 Å². The molecule has 4 rings (SSSR count). The molecule has 0 spiro atoms. The Hall–Kier alpha value is -4.26. The topological polar surface area (TPSA) is 68.6 Å². The fraction of sp³-hybridized carbons (Fsp3) is 0.0800. The van der Waals surface area contributed by atoms with E-state index in [1.54, 1.807) is 38.6 Å². The largest absolute Gasteiger partial charge is 0.497 e. The zero-order valence-electron chi connectivity index (χ0n) is 17.6. The van der Waals surface area contributed by atoms with Crippen LogP contribution in [0.5, 0.6) is 11.5 Å². The molecular weight excluding hydrogens is 407 g/mol. The van der Waals surface area contributed by atoms with Gasteiger partial charge in [0.2, 0.25) is 5.95 Å². The number of aromatic nitrogens is 2. The fourth-order valence-electron chi connectivity index (χ4n) is 3.11. The van der Waals surface area contributed by atoms with E-state index in [1.807, 2.05) is 48.5 Å². The Morgan fingerprint density at radius 2 is 1.50 bits per heavy atom. The third-order valence-electron chi connectivity index (χ3n) is 4.74. The summed E-state index contributed by atoms with van der Waals surface area (Å²) in [5.74, 6) is 1.33. The zero-order chi connectivity index (χ0) is 22.3. The number of nitrogens with one attached hydrogen (secondary N) is 1. The molecule has 0 fully saturated rings. The maximum absolute atomic E-state index is 13.4. The van der Waals surface area contributed by atoms with Crippen molar-refractivity contribution >= 4 is 12.2 Å². The maximum Gasteiger partial charge on any atom is 0.244 e. The minimum absolute atomic E-state index is 0.303. The Morgan fingerprint density at radius 1 is 0.812 bits per heavy atom. The monoisotopic (exact) mass is 428 g/mol. The first-order valence-corrected chi connectivity index (χ1v) is 9.88. The lowest BCUT2D eigenvalue weighted by atomic mass is 10.1. The van der Waals surface area contributed by atoms with Crippen LogP contribution in [0.1, 0.15) is 5.56 Å². The van der Waals surface area contributed by atoms with Gasteiger partial charge in [-0.05, 0) is 42.5 Å². The van der Waals surface area contributed by atoms with Gasteiger partial charge in [0.05, 0.1) is 31.8 Å². The molecule has 0 atom stereocenters. The summed E-state index contributed by atoms with van der Waals surface area (Å²) in [5.41, 5.74) is 6.73. The highest BCUT2D eigenvalue weighted by Gasteiger charge is 2.09. The van der Waals surface area contributed by atoms with Crippen molar-refractivity contribution < 1.29 is 13.9 Å². The Balaban J connectivity index is 1.66. The molecule has 0 aliphatic carbocycles. The van der Waals surface area contributed by atoms with Gasteiger partial charge in [-0.1, -0.05) is 30.3 Å². The van der Waals surface area contributed by atoms with Crippen LogP contribution in [0.15, 0.2) is 84.0 Å². The normalized spacial score (nSPS) is 10.8. The van der Waals surface area contributed by atoms with E-state index in [0.717, 1.165) is 22.4 Å². The summed E-state index contributed by atoms with van der Waals surface area (Å²) < 4.78 is 24.0. The van der Waals surface area contributed by atoms with Crippen LogP contribution >= 0.6 is 0 Å². The Morgan fingerprint density at radius 3 is 2.16 bits per heavy atom. The van der Waals surface area contributed by atoms with Crippen LogP contribution in [0, 0.1) is 5.82 Å². The van der Waals surface area contributed by atoms with E-state index in [1.165, 1.54) is 12.1 Å². The van der Waals surface area contributed by atoms with Gasteiger partial charge in [0.15, 0.2) is 0 Å². The number of hydrazone groups is 1. The van der Waals surface area contributed by atoms with Gasteiger partial charge in [-0.3, -0.25) is 0 Å². The molecule has 0 saturated heterocycles. The molecule has 0 unspecified atom stereocenters. The molecule has 0 radical (unpaired) electrons. The molecule has 3 aromatic carbocycles. The first-order chi connectivity index (χ1) is 15.7. The van der Waals surface area contributed by atoms with Crippen molar-refractivity contribution in [2.24, 2.45) is 5.10 Å². The molecule has 1 heterocycles. The molecule has 1 N–H and O–H groups in total. The number of hydrogen-bond acceptors (Lipinski definition) is 6. The van der Waals surface area contributed by atoms with Crippen molar-refractivity contribution in [2.75, 3.05) is 19.6 Å². The quantitative estimate of drug-likeness (QED) is 0.315. The van der Waals surface area contributed by atoms with E-state index in [0.29, 0.717) is 23.1 Å². The van der Waals surface area contributed by atoms with Crippen molar-refractivity contribution in [3.05, 3.63) is 90.2 Å². The molecule has 7 heteroatoms. The van der Waals surface area contributed by atoms with E-state index < -0.39 is 0 Å². The smallest absolute Gasteiger partial charge is 0.244 e. The number of methoxy groups -OCH3 is 2. The minimum atomic E-state index is -0.303. The van der Waals surface area contributed by atoms with Gasteiger partial charge in [0.25, 0.3) is 0 Å². The second kappa shape index (κ2) is 9.70. The number of hydrogen-bond donors (Lipinski definition) is 1. The standard InChI is InChI=1S/C25H21FN4O2/c1-31-21-13-10-19(24(14-21)32-2)16-27-30-25-28-22(17-6-4-3-5-7-17)15-23(29-25)18-8-11-20(26)12-9-18/h3-16H,1-2H3,(H,28,29,30)/b27-16-. The summed E-state index contributed by atoms with van der Waals surface area (Å²) in [6, 6.07) is 23.2. The van der Waals surface area contributed by atoms with Gasteiger partial charge >= 0.3 is 0 Å². The van der Waals surface area contributed by atoms with E-state index in [9.17, 15) is 4.39 Å². The Bertz CT molecular complexity index is 1230. The summed E-state index contributed by atoms with van der Waals surface area (Å²) in [6.07, 6.45) is 1.62. The van der Waals surface area contributed by atoms with Gasteiger partial charge in [0.1, 0.15) is 17.3 Å². The summed E-state index contributed by atoms with van der Waals surface area (Å²) in [5, 5.41) is 4.28. The van der Waals surface area contributed by atoms with E-state index in [4.69, 9.17) is 9.47 Å². The molecule has 160 valence electrons. The van der Waals surface area contributed by atoms with Crippen molar-refractivity contribution in [1.82, 2.24) is 9.97 Å². The molecule has 0 saturated carbocycles. The highest BCUT2D eigenvalue weighted by atomic mass is 19.1. The first-order valence-electron chi connectivity index (χ1n) is 9.88. The highest BCUT2D eigenvalue weighted by molar-refractivity contribution is 5.84. The third kappa shape index (κ3) is 4.89. The number of ether oxygens (including phenoxy) is 2. The van der Waals surface area contributed by atoms with Gasteiger partial charge in [-0.2, -0.15) is 5.10 Å². The summed E-state index contributed by atoms with van der Waals surface area (Å²) >= 11 is 0. The average molecular weight is 428 g/mol. The van der Waals surface area contributed by atoms with Crippen LogP contribution < -0.4 is 14.9 Å². The first kappa shape index (κ1) is 21.0. The van der Waals surface area contributed by atoms with E-state index in [-0.39, 0.29) is 5.82 Å². The van der Waals surface area contributed by atoms with Crippen LogP contribution in [0.25, 0.3) is 22.5 Å². The lowest BCUT2D eigenvalue weighted by Gasteiger charge is -2.09. The molecule has 0 aliphatic rings. The van der Waals surface area contributed by atoms with Gasteiger partial charge in [-0.15, -0.1) is 0 Å². The number of nitrogens with zero attached hydrogens (tertiary/aromatic N) is 3. The fourth-order valence-corrected chi connectivity index (χ4v) is 3.11. The summed E-state index contributed by atoms with van der Waals surface area (Å²) in [7, 11) is 3.18. The predicted octanol–water partition coefficient (Wildman–Crippen LogP) is 5.41. The number of anilines is 1. The third-order valence-corrected chi connectivity index (χ3v) is 4.74. The second-order valence-electron chi connectivity index (χ2n) is 6.81. The van der Waals surface area contributed by atoms with Gasteiger partial charge < -0.3 is 9.47 Å². The van der Waals surface area contributed by atoms with Crippen molar-refractivity contribution in [3.8, 4) is 34.0 Å². The lowest BCUT2D eigenvalue weighted by molar-refractivity contribution is 0.394. The lowest BCUT2D eigenvalue weighted by Crippen LogP contribution is -2.01. The van der Waals surface area contributed by atoms with Crippen molar-refractivity contribution in [3.63, 3.8) is 0 Å². The molecule has 1 aromatic heterocycles. The highest BCUT2D eigenvalue weighted by Crippen LogP contribution is 2.26. The van der Waals surface area contributed by atoms with Crippen LogP contribution in [0.3, 0.4) is 0 Å². The molecule has 6 nitrogen and oxygen atoms in total. The molecule has 4 aromatic rings. The van der Waals surface area contributed by atoms with Gasteiger partial charge in [-0.25, -0.2) is 19.8 Å². The molecular formula is C25H21FN4O2. The number of benzene rings is 3. The molecule has 0 bridgehead atoms. The van der Waals surface area contributed by atoms with Crippen LogP contribution in [-0.4, -0.2) is 30.4 Å². The van der Waals surface area contributed by atoms with Crippen molar-refractivity contribution in [1.29, 1.82) is 0 Å². The second-order valence-corrected chi connectivity index (χ2v) is 6.81. The van der Waals surface area contributed by atoms with Crippen LogP contribution in [0.4, 0.5) is 10.3 Å².